The van der Waals surface area contributed by atoms with Crippen molar-refractivity contribution >= 4 is 45.6 Å². The van der Waals surface area contributed by atoms with Gasteiger partial charge in [0.25, 0.3) is 5.91 Å². The summed E-state index contributed by atoms with van der Waals surface area (Å²) >= 11 is 3.37. The maximum absolute atomic E-state index is 12.9. The summed E-state index contributed by atoms with van der Waals surface area (Å²) in [5, 5.41) is 4.12. The number of primary amides is 1. The minimum Gasteiger partial charge on any atom is -0.365 e. The zero-order chi connectivity index (χ0) is 19.7. The van der Waals surface area contributed by atoms with Crippen LogP contribution in [0, 0.1) is 0 Å². The van der Waals surface area contributed by atoms with Crippen molar-refractivity contribution in [3.63, 3.8) is 0 Å². The average Bonchev–Trinajstić information content (AvgIpc) is 2.95. The SMILES string of the molecule is CC1CCN(CC(=O)Nc2sc3c(c2C(N)=O)CCCC3)c2ccccc2S1. The fourth-order valence-corrected chi connectivity index (χ4v) is 6.41. The molecule has 0 bridgehead atoms. The number of anilines is 2. The third-order valence-corrected chi connectivity index (χ3v) is 7.79. The molecule has 4 rings (SSSR count). The Labute approximate surface area is 173 Å². The number of thiophene rings is 1. The van der Waals surface area contributed by atoms with Crippen LogP contribution in [-0.4, -0.2) is 30.2 Å². The number of aryl methyl sites for hydroxylation is 1. The molecule has 1 aliphatic carbocycles. The van der Waals surface area contributed by atoms with Crippen molar-refractivity contribution in [2.45, 2.75) is 49.2 Å². The number of benzene rings is 1. The molecule has 1 aromatic carbocycles. The van der Waals surface area contributed by atoms with Gasteiger partial charge in [-0.1, -0.05) is 19.1 Å². The first-order valence-corrected chi connectivity index (χ1v) is 11.5. The highest BCUT2D eigenvalue weighted by Crippen LogP contribution is 2.39. The molecular formula is C21H25N3O2S2. The predicted molar refractivity (Wildman–Crippen MR) is 117 cm³/mol. The lowest BCUT2D eigenvalue weighted by Gasteiger charge is -2.23. The molecule has 2 aromatic rings. The van der Waals surface area contributed by atoms with Crippen LogP contribution in [0.3, 0.4) is 0 Å². The molecule has 0 saturated heterocycles. The summed E-state index contributed by atoms with van der Waals surface area (Å²) in [5.41, 5.74) is 8.32. The van der Waals surface area contributed by atoms with E-state index in [0.717, 1.165) is 49.9 Å². The van der Waals surface area contributed by atoms with Gasteiger partial charge in [-0.05, 0) is 49.8 Å². The highest BCUT2D eigenvalue weighted by molar-refractivity contribution is 8.00. The normalized spacial score (nSPS) is 18.8. The Kier molecular flexibility index (Phi) is 5.64. The maximum Gasteiger partial charge on any atom is 0.251 e. The molecule has 0 fully saturated rings. The monoisotopic (exact) mass is 415 g/mol. The summed E-state index contributed by atoms with van der Waals surface area (Å²) in [7, 11) is 0. The van der Waals surface area contributed by atoms with Gasteiger partial charge >= 0.3 is 0 Å². The van der Waals surface area contributed by atoms with Crippen molar-refractivity contribution in [2.75, 3.05) is 23.3 Å². The molecule has 0 spiro atoms. The van der Waals surface area contributed by atoms with Crippen LogP contribution in [0.5, 0.6) is 0 Å². The third-order valence-electron chi connectivity index (χ3n) is 5.34. The lowest BCUT2D eigenvalue weighted by molar-refractivity contribution is -0.115. The first-order chi connectivity index (χ1) is 13.5. The van der Waals surface area contributed by atoms with Gasteiger partial charge in [0.15, 0.2) is 0 Å². The second-order valence-corrected chi connectivity index (χ2v) is 10.0. The Bertz CT molecular complexity index is 909. The predicted octanol–water partition coefficient (Wildman–Crippen LogP) is 4.06. The molecule has 0 radical (unpaired) electrons. The molecule has 1 unspecified atom stereocenters. The van der Waals surface area contributed by atoms with Crippen LogP contribution in [0.2, 0.25) is 0 Å². The Morgan fingerprint density at radius 3 is 2.86 bits per heavy atom. The lowest BCUT2D eigenvalue weighted by atomic mass is 9.95. The van der Waals surface area contributed by atoms with Crippen LogP contribution in [0.25, 0.3) is 0 Å². The number of nitrogens with one attached hydrogen (secondary N) is 1. The maximum atomic E-state index is 12.9. The summed E-state index contributed by atoms with van der Waals surface area (Å²) in [4.78, 5) is 29.4. The van der Waals surface area contributed by atoms with Crippen molar-refractivity contribution < 1.29 is 9.59 Å². The summed E-state index contributed by atoms with van der Waals surface area (Å²) in [6.07, 6.45) is 5.04. The van der Waals surface area contributed by atoms with Gasteiger partial charge in [0, 0.05) is 21.6 Å². The molecule has 7 heteroatoms. The number of hydrogen-bond acceptors (Lipinski definition) is 5. The fraction of sp³-hybridized carbons (Fsp3) is 0.429. The topological polar surface area (TPSA) is 75.4 Å². The van der Waals surface area contributed by atoms with Crippen LogP contribution < -0.4 is 16.0 Å². The summed E-state index contributed by atoms with van der Waals surface area (Å²) < 4.78 is 0. The standard InChI is InChI=1S/C21H25N3O2S2/c1-13-10-11-24(15-7-3-5-9-17(15)27-13)12-18(25)23-21-19(20(22)26)14-6-2-4-8-16(14)28-21/h3,5,7,9,13H,2,4,6,8,10-12H2,1H3,(H2,22,26)(H,23,25). The molecule has 28 heavy (non-hydrogen) atoms. The van der Waals surface area contributed by atoms with E-state index in [0.29, 0.717) is 15.8 Å². The van der Waals surface area contributed by atoms with E-state index in [1.54, 1.807) is 0 Å². The molecule has 148 valence electrons. The van der Waals surface area contributed by atoms with E-state index in [1.165, 1.54) is 21.1 Å². The van der Waals surface area contributed by atoms with Gasteiger partial charge in [-0.2, -0.15) is 0 Å². The first-order valence-electron chi connectivity index (χ1n) is 9.77. The number of amides is 2. The van der Waals surface area contributed by atoms with E-state index < -0.39 is 5.91 Å². The van der Waals surface area contributed by atoms with Gasteiger partial charge < -0.3 is 16.0 Å². The van der Waals surface area contributed by atoms with Crippen molar-refractivity contribution in [1.82, 2.24) is 0 Å². The zero-order valence-corrected chi connectivity index (χ0v) is 17.6. The Morgan fingerprint density at radius 2 is 2.04 bits per heavy atom. The largest absolute Gasteiger partial charge is 0.365 e. The highest BCUT2D eigenvalue weighted by atomic mass is 32.2. The molecule has 0 saturated carbocycles. The van der Waals surface area contributed by atoms with Crippen LogP contribution in [0.1, 0.15) is 47.0 Å². The van der Waals surface area contributed by atoms with Crippen molar-refractivity contribution in [1.29, 1.82) is 0 Å². The van der Waals surface area contributed by atoms with E-state index in [4.69, 9.17) is 5.73 Å². The number of hydrogen-bond donors (Lipinski definition) is 2. The Morgan fingerprint density at radius 1 is 1.25 bits per heavy atom. The van der Waals surface area contributed by atoms with E-state index in [9.17, 15) is 9.59 Å². The van der Waals surface area contributed by atoms with E-state index >= 15 is 0 Å². The third kappa shape index (κ3) is 3.91. The molecule has 5 nitrogen and oxygen atoms in total. The molecule has 2 heterocycles. The van der Waals surface area contributed by atoms with Crippen LogP contribution >= 0.6 is 23.1 Å². The van der Waals surface area contributed by atoms with Gasteiger partial charge in [-0.25, -0.2) is 0 Å². The van der Waals surface area contributed by atoms with Crippen molar-refractivity contribution in [3.8, 4) is 0 Å². The molecule has 1 aromatic heterocycles. The molecular weight excluding hydrogens is 390 g/mol. The van der Waals surface area contributed by atoms with Crippen LogP contribution in [-0.2, 0) is 17.6 Å². The molecule has 2 amide bonds. The number of fused-ring (bicyclic) bond motifs is 2. The van der Waals surface area contributed by atoms with E-state index in [-0.39, 0.29) is 12.5 Å². The quantitative estimate of drug-likeness (QED) is 0.790. The summed E-state index contributed by atoms with van der Waals surface area (Å²) in [6, 6.07) is 8.24. The Balaban J connectivity index is 1.54. The van der Waals surface area contributed by atoms with Gasteiger partial charge in [-0.3, -0.25) is 9.59 Å². The number of thioether (sulfide) groups is 1. The summed E-state index contributed by atoms with van der Waals surface area (Å²) in [6.45, 7) is 3.33. The first kappa shape index (κ1) is 19.3. The minimum atomic E-state index is -0.444. The van der Waals surface area contributed by atoms with Gasteiger partial charge in [0.05, 0.1) is 17.8 Å². The zero-order valence-electron chi connectivity index (χ0n) is 16.0. The van der Waals surface area contributed by atoms with Gasteiger partial charge in [0.2, 0.25) is 5.91 Å². The number of carbonyl (C=O) groups is 2. The second-order valence-electron chi connectivity index (χ2n) is 7.43. The molecule has 1 aliphatic heterocycles. The Hall–Kier alpha value is -1.99. The number of para-hydroxylation sites is 1. The van der Waals surface area contributed by atoms with Gasteiger partial charge in [-0.15, -0.1) is 23.1 Å². The lowest BCUT2D eigenvalue weighted by Crippen LogP contribution is -2.34. The van der Waals surface area contributed by atoms with Gasteiger partial charge in [0.1, 0.15) is 5.00 Å². The molecule has 1 atom stereocenters. The fourth-order valence-electron chi connectivity index (χ4n) is 3.97. The molecule has 3 N–H and O–H groups in total. The number of nitrogens with zero attached hydrogens (tertiary/aromatic N) is 1. The average molecular weight is 416 g/mol. The van der Waals surface area contributed by atoms with Crippen LogP contribution in [0.15, 0.2) is 29.2 Å². The number of rotatable bonds is 4. The van der Waals surface area contributed by atoms with Crippen molar-refractivity contribution in [3.05, 3.63) is 40.3 Å². The van der Waals surface area contributed by atoms with Crippen LogP contribution in [0.4, 0.5) is 10.7 Å². The second kappa shape index (κ2) is 8.17. The van der Waals surface area contributed by atoms with E-state index in [1.807, 2.05) is 23.9 Å². The van der Waals surface area contributed by atoms with Crippen molar-refractivity contribution in [2.24, 2.45) is 5.73 Å². The van der Waals surface area contributed by atoms with E-state index in [2.05, 4.69) is 29.3 Å². The number of carbonyl (C=O) groups excluding carboxylic acids is 2. The molecule has 2 aliphatic rings. The summed E-state index contributed by atoms with van der Waals surface area (Å²) in [5.74, 6) is -0.546. The smallest absolute Gasteiger partial charge is 0.251 e. The minimum absolute atomic E-state index is 0.101. The highest BCUT2D eigenvalue weighted by Gasteiger charge is 2.26. The number of nitrogens with two attached hydrogens (primary N) is 1.